The lowest BCUT2D eigenvalue weighted by molar-refractivity contribution is -0.385. The highest BCUT2D eigenvalue weighted by Crippen LogP contribution is 2.30. The first-order valence-electron chi connectivity index (χ1n) is 11.7. The van der Waals surface area contributed by atoms with E-state index in [4.69, 9.17) is 4.74 Å². The average molecular weight is 546 g/mol. The normalized spacial score (nSPS) is 11.0. The number of esters is 1. The number of nitro groups is 2. The first kappa shape index (κ1) is 28.8. The van der Waals surface area contributed by atoms with Gasteiger partial charge in [-0.3, -0.25) is 29.8 Å². The van der Waals surface area contributed by atoms with E-state index in [2.05, 4.69) is 15.8 Å². The number of carbonyl (C=O) groups is 3. The van der Waals surface area contributed by atoms with Gasteiger partial charge in [0.2, 0.25) is 11.7 Å². The summed E-state index contributed by atoms with van der Waals surface area (Å²) in [5.74, 6) is -2.37. The van der Waals surface area contributed by atoms with Gasteiger partial charge >= 0.3 is 11.7 Å². The van der Waals surface area contributed by atoms with Gasteiger partial charge in [0.15, 0.2) is 0 Å². The molecule has 40 heavy (non-hydrogen) atoms. The van der Waals surface area contributed by atoms with E-state index in [1.807, 2.05) is 0 Å². The van der Waals surface area contributed by atoms with Crippen LogP contribution < -0.4 is 15.5 Å². The molecule has 0 atom stereocenters. The average Bonchev–Trinajstić information content (AvgIpc) is 2.93. The van der Waals surface area contributed by atoms with E-state index in [-0.39, 0.29) is 28.6 Å². The van der Waals surface area contributed by atoms with Crippen LogP contribution in [0.4, 0.5) is 17.1 Å². The summed E-state index contributed by atoms with van der Waals surface area (Å²) in [5, 5.41) is 29.0. The van der Waals surface area contributed by atoms with Crippen molar-refractivity contribution in [2.45, 2.75) is 13.8 Å². The van der Waals surface area contributed by atoms with Crippen molar-refractivity contribution in [1.29, 1.82) is 0 Å². The van der Waals surface area contributed by atoms with E-state index < -0.39 is 33.2 Å². The molecule has 3 rings (SSSR count). The Bertz CT molecular complexity index is 1510. The van der Waals surface area contributed by atoms with Crippen molar-refractivity contribution in [3.8, 4) is 5.75 Å². The second-order valence-corrected chi connectivity index (χ2v) is 8.48. The zero-order valence-electron chi connectivity index (χ0n) is 21.3. The van der Waals surface area contributed by atoms with Crippen molar-refractivity contribution in [3.63, 3.8) is 0 Å². The van der Waals surface area contributed by atoms with Crippen LogP contribution in [0.1, 0.15) is 35.3 Å². The highest BCUT2D eigenvalue weighted by atomic mass is 16.6. The molecule has 0 spiro atoms. The summed E-state index contributed by atoms with van der Waals surface area (Å²) in [4.78, 5) is 57.8. The number of carbonyl (C=O) groups excluding carboxylic acids is 3. The van der Waals surface area contributed by atoms with Crippen molar-refractivity contribution in [2.24, 2.45) is 11.0 Å². The molecular weight excluding hydrogens is 522 g/mol. The zero-order chi connectivity index (χ0) is 29.2. The van der Waals surface area contributed by atoms with Gasteiger partial charge in [-0.05, 0) is 42.0 Å². The Labute approximate surface area is 227 Å². The van der Waals surface area contributed by atoms with Crippen LogP contribution in [-0.2, 0) is 9.59 Å². The maximum absolute atomic E-state index is 12.4. The van der Waals surface area contributed by atoms with Gasteiger partial charge in [0.1, 0.15) is 0 Å². The number of benzene rings is 3. The Balaban J connectivity index is 1.73. The third kappa shape index (κ3) is 7.89. The summed E-state index contributed by atoms with van der Waals surface area (Å²) < 4.78 is 5.20. The van der Waals surface area contributed by atoms with E-state index in [0.29, 0.717) is 11.3 Å². The molecule has 3 aromatic carbocycles. The highest BCUT2D eigenvalue weighted by Gasteiger charge is 2.21. The number of nitro benzene ring substituents is 2. The molecule has 0 aromatic heterocycles. The van der Waals surface area contributed by atoms with E-state index in [1.165, 1.54) is 54.6 Å². The molecule has 13 nitrogen and oxygen atoms in total. The molecule has 204 valence electrons. The van der Waals surface area contributed by atoms with Gasteiger partial charge in [-0.25, -0.2) is 10.2 Å². The van der Waals surface area contributed by atoms with E-state index in [1.54, 1.807) is 26.0 Å². The Morgan fingerprint density at radius 3 is 2.30 bits per heavy atom. The minimum atomic E-state index is -0.982. The van der Waals surface area contributed by atoms with Gasteiger partial charge in [0.05, 0.1) is 16.1 Å². The van der Waals surface area contributed by atoms with Gasteiger partial charge < -0.3 is 10.1 Å². The molecule has 0 bridgehead atoms. The molecule has 0 fully saturated rings. The highest BCUT2D eigenvalue weighted by molar-refractivity contribution is 5.97. The second kappa shape index (κ2) is 13.2. The predicted molar refractivity (Wildman–Crippen MR) is 146 cm³/mol. The number of rotatable bonds is 10. The maximum Gasteiger partial charge on any atom is 0.336 e. The molecule has 2 amide bonds. The van der Waals surface area contributed by atoms with Crippen LogP contribution in [-0.4, -0.2) is 33.8 Å². The molecule has 0 aliphatic carbocycles. The minimum Gasteiger partial charge on any atom is -0.415 e. The largest absolute Gasteiger partial charge is 0.415 e. The van der Waals surface area contributed by atoms with Crippen LogP contribution in [0.25, 0.3) is 6.08 Å². The fraction of sp³-hybridized carbons (Fsp3) is 0.111. The van der Waals surface area contributed by atoms with Crippen LogP contribution in [0, 0.1) is 26.1 Å². The van der Waals surface area contributed by atoms with Crippen molar-refractivity contribution < 1.29 is 29.0 Å². The third-order valence-corrected chi connectivity index (χ3v) is 5.23. The van der Waals surface area contributed by atoms with E-state index in [0.717, 1.165) is 18.4 Å². The number of hydrazone groups is 1. The summed E-state index contributed by atoms with van der Waals surface area (Å²) in [6, 6.07) is 15.4. The molecule has 0 radical (unpaired) electrons. The van der Waals surface area contributed by atoms with Gasteiger partial charge in [-0.15, -0.1) is 0 Å². The number of nitrogens with one attached hydrogen (secondary N) is 2. The number of amides is 2. The van der Waals surface area contributed by atoms with Gasteiger partial charge in [0, 0.05) is 47.0 Å². The molecule has 13 heteroatoms. The minimum absolute atomic E-state index is 0.0262. The Morgan fingerprint density at radius 1 is 0.950 bits per heavy atom. The molecule has 2 N–H and O–H groups in total. The summed E-state index contributed by atoms with van der Waals surface area (Å²) in [7, 11) is 0. The van der Waals surface area contributed by atoms with Gasteiger partial charge in [-0.2, -0.15) is 5.10 Å². The number of para-hydroxylation sites is 1. The van der Waals surface area contributed by atoms with Crippen LogP contribution in [0.15, 0.2) is 77.9 Å². The Kier molecular flexibility index (Phi) is 9.51. The van der Waals surface area contributed by atoms with Gasteiger partial charge in [0.25, 0.3) is 11.6 Å². The van der Waals surface area contributed by atoms with E-state index >= 15 is 0 Å². The number of hydrogen-bond acceptors (Lipinski definition) is 9. The molecule has 0 aliphatic rings. The SMILES string of the molecule is CC(C)C(=O)Nc1ccc(C(=O)N/N=C/c2cccc([N+](=O)[O-])c2OC(=O)/C=C/c2cccc([N+](=O)[O-])c2)cc1. The van der Waals surface area contributed by atoms with Crippen molar-refractivity contribution in [3.05, 3.63) is 110 Å². The summed E-state index contributed by atoms with van der Waals surface area (Å²) >= 11 is 0. The summed E-state index contributed by atoms with van der Waals surface area (Å²) in [5.41, 5.74) is 2.70. The van der Waals surface area contributed by atoms with Crippen LogP contribution in [0.5, 0.6) is 5.75 Å². The van der Waals surface area contributed by atoms with Crippen LogP contribution in [0.3, 0.4) is 0 Å². The molecule has 0 aliphatic heterocycles. The van der Waals surface area contributed by atoms with Crippen LogP contribution in [0.2, 0.25) is 0 Å². The smallest absolute Gasteiger partial charge is 0.336 e. The molecule has 0 saturated carbocycles. The molecule has 3 aromatic rings. The van der Waals surface area contributed by atoms with Gasteiger partial charge in [-0.1, -0.05) is 32.0 Å². The fourth-order valence-electron chi connectivity index (χ4n) is 3.16. The first-order valence-corrected chi connectivity index (χ1v) is 11.7. The maximum atomic E-state index is 12.4. The molecule has 0 saturated heterocycles. The predicted octanol–water partition coefficient (Wildman–Crippen LogP) is 4.48. The monoisotopic (exact) mass is 545 g/mol. The van der Waals surface area contributed by atoms with E-state index in [9.17, 15) is 34.6 Å². The number of ether oxygens (including phenoxy) is 1. The quantitative estimate of drug-likeness (QED) is 0.0933. The Morgan fingerprint density at radius 2 is 1.65 bits per heavy atom. The summed E-state index contributed by atoms with van der Waals surface area (Å²) in [6.07, 6.45) is 3.30. The fourth-order valence-corrected chi connectivity index (χ4v) is 3.16. The van der Waals surface area contributed by atoms with Crippen molar-refractivity contribution >= 4 is 47.1 Å². The summed E-state index contributed by atoms with van der Waals surface area (Å²) in [6.45, 7) is 3.50. The topological polar surface area (TPSA) is 183 Å². The van der Waals surface area contributed by atoms with Crippen LogP contribution >= 0.6 is 0 Å². The van der Waals surface area contributed by atoms with Crippen molar-refractivity contribution in [1.82, 2.24) is 5.43 Å². The number of nitrogens with zero attached hydrogens (tertiary/aromatic N) is 3. The Hall–Kier alpha value is -5.72. The molecular formula is C27H23N5O8. The number of anilines is 1. The zero-order valence-corrected chi connectivity index (χ0v) is 21.3. The number of non-ortho nitro benzene ring substituents is 1. The second-order valence-electron chi connectivity index (χ2n) is 8.48. The lowest BCUT2D eigenvalue weighted by Gasteiger charge is -2.08. The number of hydrogen-bond donors (Lipinski definition) is 2. The standard InChI is InChI=1S/C27H23N5O8/c1-17(2)26(34)29-21-12-10-19(11-13-21)27(35)30-28-16-20-6-4-8-23(32(38)39)25(20)40-24(33)14-9-18-5-3-7-22(15-18)31(36)37/h3-17H,1-2H3,(H,29,34)(H,30,35)/b14-9+,28-16+. The lowest BCUT2D eigenvalue weighted by atomic mass is 10.1. The molecule has 0 heterocycles. The first-order chi connectivity index (χ1) is 19.0. The lowest BCUT2D eigenvalue weighted by Crippen LogP contribution is -2.19. The van der Waals surface area contributed by atoms with Crippen molar-refractivity contribution in [2.75, 3.05) is 5.32 Å². The third-order valence-electron chi connectivity index (χ3n) is 5.23. The molecule has 0 unspecified atom stereocenters.